The predicted octanol–water partition coefficient (Wildman–Crippen LogP) is 4.19. The van der Waals surface area contributed by atoms with E-state index in [-0.39, 0.29) is 11.5 Å². The summed E-state index contributed by atoms with van der Waals surface area (Å²) < 4.78 is 0. The van der Waals surface area contributed by atoms with Crippen LogP contribution in [0.4, 0.5) is 0 Å². The van der Waals surface area contributed by atoms with Gasteiger partial charge in [-0.05, 0) is 34.4 Å². The number of aliphatic hydroxyl groups excluding tert-OH is 1. The molecule has 0 aliphatic rings. The van der Waals surface area contributed by atoms with Gasteiger partial charge >= 0.3 is 0 Å². The molecule has 0 amide bonds. The fraction of sp³-hybridized carbons (Fsp3) is 0.412. The number of aliphatic hydroxyl groups is 1. The summed E-state index contributed by atoms with van der Waals surface area (Å²) in [6.45, 7) is 6.65. The molecule has 0 aliphatic heterocycles. The molecule has 2 heteroatoms. The average molecular weight is 274 g/mol. The van der Waals surface area contributed by atoms with Crippen molar-refractivity contribution in [2.24, 2.45) is 0 Å². The van der Waals surface area contributed by atoms with Gasteiger partial charge in [0, 0.05) is 11.3 Å². The second-order valence-electron chi connectivity index (χ2n) is 6.09. The second-order valence-corrected chi connectivity index (χ2v) is 7.12. The Balaban J connectivity index is 1.96. The molecule has 0 fully saturated rings. The van der Waals surface area contributed by atoms with Crippen LogP contribution < -0.4 is 0 Å². The highest BCUT2D eigenvalue weighted by Gasteiger charge is 2.13. The van der Waals surface area contributed by atoms with Crippen molar-refractivity contribution in [2.75, 3.05) is 0 Å². The van der Waals surface area contributed by atoms with Crippen LogP contribution in [0.5, 0.6) is 0 Å². The van der Waals surface area contributed by atoms with Gasteiger partial charge in [0.05, 0.1) is 6.10 Å². The van der Waals surface area contributed by atoms with E-state index in [9.17, 15) is 5.11 Å². The summed E-state index contributed by atoms with van der Waals surface area (Å²) in [5.74, 6) is 0. The van der Waals surface area contributed by atoms with Gasteiger partial charge in [-0.3, -0.25) is 0 Å². The van der Waals surface area contributed by atoms with Crippen LogP contribution in [0.1, 0.15) is 36.8 Å². The van der Waals surface area contributed by atoms with E-state index in [0.717, 1.165) is 12.8 Å². The first-order chi connectivity index (χ1) is 8.95. The maximum atomic E-state index is 10.1. The summed E-state index contributed by atoms with van der Waals surface area (Å²) in [5.41, 5.74) is 2.73. The van der Waals surface area contributed by atoms with Gasteiger partial charge in [0.2, 0.25) is 0 Å². The van der Waals surface area contributed by atoms with Crippen molar-refractivity contribution in [3.63, 3.8) is 0 Å². The molecule has 1 atom stereocenters. The Morgan fingerprint density at radius 3 is 2.26 bits per heavy atom. The minimum absolute atomic E-state index is 0.189. The molecule has 1 heterocycles. The SMILES string of the molecule is CC(C)(C)c1ccc(CC(O)Cc2cccs2)cc1. The number of thiophene rings is 1. The van der Waals surface area contributed by atoms with Gasteiger partial charge in [-0.2, -0.15) is 0 Å². The first-order valence-corrected chi connectivity index (χ1v) is 7.63. The first kappa shape index (κ1) is 14.3. The zero-order valence-electron chi connectivity index (χ0n) is 11.9. The van der Waals surface area contributed by atoms with Crippen LogP contribution in [0, 0.1) is 0 Å². The van der Waals surface area contributed by atoms with Crippen molar-refractivity contribution in [1.82, 2.24) is 0 Å². The molecule has 0 radical (unpaired) electrons. The summed E-state index contributed by atoms with van der Waals surface area (Å²) in [4.78, 5) is 1.25. The van der Waals surface area contributed by atoms with Gasteiger partial charge in [0.1, 0.15) is 0 Å². The van der Waals surface area contributed by atoms with E-state index >= 15 is 0 Å². The van der Waals surface area contributed by atoms with Crippen LogP contribution in [0.15, 0.2) is 41.8 Å². The van der Waals surface area contributed by atoms with E-state index in [4.69, 9.17) is 0 Å². The van der Waals surface area contributed by atoms with Crippen molar-refractivity contribution < 1.29 is 5.11 Å². The molecule has 0 bridgehead atoms. The molecule has 0 spiro atoms. The lowest BCUT2D eigenvalue weighted by Gasteiger charge is -2.19. The number of hydrogen-bond donors (Lipinski definition) is 1. The number of benzene rings is 1. The van der Waals surface area contributed by atoms with E-state index in [0.29, 0.717) is 0 Å². The van der Waals surface area contributed by atoms with Crippen LogP contribution >= 0.6 is 11.3 Å². The van der Waals surface area contributed by atoms with Crippen LogP contribution in [-0.4, -0.2) is 11.2 Å². The lowest BCUT2D eigenvalue weighted by molar-refractivity contribution is 0.176. The summed E-state index contributed by atoms with van der Waals surface area (Å²) in [7, 11) is 0. The molecule has 102 valence electrons. The maximum Gasteiger partial charge on any atom is 0.0628 e. The third-order valence-electron chi connectivity index (χ3n) is 3.31. The van der Waals surface area contributed by atoms with Gasteiger partial charge in [-0.15, -0.1) is 11.3 Å². The van der Waals surface area contributed by atoms with E-state index in [1.165, 1.54) is 16.0 Å². The lowest BCUT2D eigenvalue weighted by Crippen LogP contribution is -2.14. The molecule has 1 N–H and O–H groups in total. The van der Waals surface area contributed by atoms with Crippen molar-refractivity contribution in [2.45, 2.75) is 45.1 Å². The minimum Gasteiger partial charge on any atom is -0.392 e. The van der Waals surface area contributed by atoms with Gasteiger partial charge in [-0.25, -0.2) is 0 Å². The van der Waals surface area contributed by atoms with Crippen LogP contribution in [0.2, 0.25) is 0 Å². The zero-order valence-corrected chi connectivity index (χ0v) is 12.7. The Labute approximate surface area is 119 Å². The Kier molecular flexibility index (Phi) is 4.43. The highest BCUT2D eigenvalue weighted by Crippen LogP contribution is 2.22. The molecule has 0 saturated heterocycles. The molecular formula is C17H22OS. The fourth-order valence-electron chi connectivity index (χ4n) is 2.15. The fourth-order valence-corrected chi connectivity index (χ4v) is 2.92. The summed E-state index contributed by atoms with van der Waals surface area (Å²) in [6, 6.07) is 12.7. The van der Waals surface area contributed by atoms with Gasteiger partial charge in [0.15, 0.2) is 0 Å². The van der Waals surface area contributed by atoms with Crippen LogP contribution in [0.3, 0.4) is 0 Å². The minimum atomic E-state index is -0.292. The summed E-state index contributed by atoms with van der Waals surface area (Å²) >= 11 is 1.71. The molecule has 0 aliphatic carbocycles. The molecule has 1 unspecified atom stereocenters. The third kappa shape index (κ3) is 4.19. The van der Waals surface area contributed by atoms with Crippen molar-refractivity contribution in [3.05, 3.63) is 57.8 Å². The molecule has 2 aromatic rings. The van der Waals surface area contributed by atoms with Crippen LogP contribution in [-0.2, 0) is 18.3 Å². The second kappa shape index (κ2) is 5.89. The summed E-state index contributed by atoms with van der Waals surface area (Å²) in [6.07, 6.45) is 1.18. The molecule has 1 nitrogen and oxygen atoms in total. The summed E-state index contributed by atoms with van der Waals surface area (Å²) in [5, 5.41) is 12.2. The highest BCUT2D eigenvalue weighted by molar-refractivity contribution is 7.09. The van der Waals surface area contributed by atoms with E-state index < -0.39 is 0 Å². The Bertz CT molecular complexity index is 491. The Morgan fingerprint density at radius 2 is 1.74 bits per heavy atom. The van der Waals surface area contributed by atoms with Crippen molar-refractivity contribution in [1.29, 1.82) is 0 Å². The Morgan fingerprint density at radius 1 is 1.05 bits per heavy atom. The van der Waals surface area contributed by atoms with E-state index in [1.807, 2.05) is 6.07 Å². The van der Waals surface area contributed by atoms with Crippen molar-refractivity contribution in [3.8, 4) is 0 Å². The largest absolute Gasteiger partial charge is 0.392 e. The zero-order chi connectivity index (χ0) is 13.9. The highest BCUT2D eigenvalue weighted by atomic mass is 32.1. The van der Waals surface area contributed by atoms with E-state index in [1.54, 1.807) is 11.3 Å². The molecule has 1 aromatic heterocycles. The molecule has 1 aromatic carbocycles. The topological polar surface area (TPSA) is 20.2 Å². The van der Waals surface area contributed by atoms with Gasteiger partial charge in [-0.1, -0.05) is 51.1 Å². The lowest BCUT2D eigenvalue weighted by atomic mass is 9.86. The van der Waals surface area contributed by atoms with E-state index in [2.05, 4.69) is 56.5 Å². The average Bonchev–Trinajstić information content (AvgIpc) is 2.81. The monoisotopic (exact) mass is 274 g/mol. The molecule has 19 heavy (non-hydrogen) atoms. The smallest absolute Gasteiger partial charge is 0.0628 e. The molecule has 0 saturated carbocycles. The quantitative estimate of drug-likeness (QED) is 0.886. The van der Waals surface area contributed by atoms with Crippen LogP contribution in [0.25, 0.3) is 0 Å². The first-order valence-electron chi connectivity index (χ1n) is 6.75. The maximum absolute atomic E-state index is 10.1. The Hall–Kier alpha value is -1.12. The molecular weight excluding hydrogens is 252 g/mol. The van der Waals surface area contributed by atoms with Crippen molar-refractivity contribution >= 4 is 11.3 Å². The normalized spacial score (nSPS) is 13.5. The van der Waals surface area contributed by atoms with Gasteiger partial charge in [0.25, 0.3) is 0 Å². The number of rotatable bonds is 4. The van der Waals surface area contributed by atoms with Gasteiger partial charge < -0.3 is 5.11 Å². The molecule has 2 rings (SSSR count). The number of hydrogen-bond acceptors (Lipinski definition) is 2. The predicted molar refractivity (Wildman–Crippen MR) is 82.9 cm³/mol. The third-order valence-corrected chi connectivity index (χ3v) is 4.21. The standard InChI is InChI=1S/C17H22OS/c1-17(2,3)14-8-6-13(7-9-14)11-15(18)12-16-5-4-10-19-16/h4-10,15,18H,11-12H2,1-3H3.